The second kappa shape index (κ2) is 10.4. The van der Waals surface area contributed by atoms with E-state index in [1.165, 1.54) is 18.4 Å². The molecule has 146 valence electrons. The van der Waals surface area contributed by atoms with Crippen molar-refractivity contribution >= 4 is 17.6 Å². The van der Waals surface area contributed by atoms with E-state index in [1.807, 2.05) is 31.3 Å². The Morgan fingerprint density at radius 3 is 2.70 bits per heavy atom. The molecule has 2 N–H and O–H groups in total. The van der Waals surface area contributed by atoms with E-state index >= 15 is 0 Å². The monoisotopic (exact) mass is 388 g/mol. The first-order chi connectivity index (χ1) is 13.2. The van der Waals surface area contributed by atoms with Crippen molar-refractivity contribution in [3.05, 3.63) is 59.0 Å². The molecule has 0 saturated carbocycles. The zero-order chi connectivity index (χ0) is 18.9. The Hall–Kier alpha value is -1.98. The SMILES string of the molecule is CN=C(NCCc1ccco1)NCC1CCN(Cc2ccccc2Cl)CC1. The number of hydrogen-bond donors (Lipinski definition) is 2. The molecule has 27 heavy (non-hydrogen) atoms. The third-order valence-electron chi connectivity index (χ3n) is 5.08. The maximum Gasteiger partial charge on any atom is 0.190 e. The van der Waals surface area contributed by atoms with Gasteiger partial charge in [0.15, 0.2) is 5.96 Å². The normalized spacial score (nSPS) is 16.4. The Balaban J connectivity index is 1.34. The fourth-order valence-electron chi connectivity index (χ4n) is 3.44. The van der Waals surface area contributed by atoms with E-state index in [9.17, 15) is 0 Å². The Bertz CT molecular complexity index is 709. The van der Waals surface area contributed by atoms with Crippen LogP contribution >= 0.6 is 11.6 Å². The number of piperidine rings is 1. The summed E-state index contributed by atoms with van der Waals surface area (Å²) in [6.07, 6.45) is 4.95. The van der Waals surface area contributed by atoms with Crippen LogP contribution in [0.4, 0.5) is 0 Å². The Morgan fingerprint density at radius 1 is 1.19 bits per heavy atom. The first-order valence-corrected chi connectivity index (χ1v) is 10.0. The maximum atomic E-state index is 6.28. The number of nitrogens with zero attached hydrogens (tertiary/aromatic N) is 2. The maximum absolute atomic E-state index is 6.28. The first-order valence-electron chi connectivity index (χ1n) is 9.67. The lowest BCUT2D eigenvalue weighted by molar-refractivity contribution is 0.178. The molecule has 1 aliphatic heterocycles. The van der Waals surface area contributed by atoms with Gasteiger partial charge >= 0.3 is 0 Å². The van der Waals surface area contributed by atoms with Crippen molar-refractivity contribution in [2.75, 3.05) is 33.2 Å². The molecule has 0 amide bonds. The van der Waals surface area contributed by atoms with Crippen LogP contribution in [0.25, 0.3) is 0 Å². The highest BCUT2D eigenvalue weighted by Gasteiger charge is 2.20. The molecule has 2 heterocycles. The van der Waals surface area contributed by atoms with Crippen LogP contribution in [0.2, 0.25) is 5.02 Å². The summed E-state index contributed by atoms with van der Waals surface area (Å²) in [5.41, 5.74) is 1.22. The van der Waals surface area contributed by atoms with Gasteiger partial charge in [0.2, 0.25) is 0 Å². The van der Waals surface area contributed by atoms with Crippen molar-refractivity contribution in [1.82, 2.24) is 15.5 Å². The second-order valence-corrected chi connectivity index (χ2v) is 7.43. The topological polar surface area (TPSA) is 52.8 Å². The predicted molar refractivity (Wildman–Crippen MR) is 111 cm³/mol. The highest BCUT2D eigenvalue weighted by molar-refractivity contribution is 6.31. The van der Waals surface area contributed by atoms with Crippen LogP contribution in [-0.2, 0) is 13.0 Å². The number of halogens is 1. The molecular weight excluding hydrogens is 360 g/mol. The van der Waals surface area contributed by atoms with Crippen molar-refractivity contribution < 1.29 is 4.42 Å². The second-order valence-electron chi connectivity index (χ2n) is 7.02. The van der Waals surface area contributed by atoms with E-state index in [1.54, 1.807) is 6.26 Å². The fourth-order valence-corrected chi connectivity index (χ4v) is 3.63. The summed E-state index contributed by atoms with van der Waals surface area (Å²) in [7, 11) is 1.81. The van der Waals surface area contributed by atoms with E-state index in [0.29, 0.717) is 5.92 Å². The molecule has 0 bridgehead atoms. The van der Waals surface area contributed by atoms with Gasteiger partial charge in [0.05, 0.1) is 6.26 Å². The molecule has 1 saturated heterocycles. The van der Waals surface area contributed by atoms with E-state index < -0.39 is 0 Å². The van der Waals surface area contributed by atoms with Crippen LogP contribution < -0.4 is 10.6 Å². The lowest BCUT2D eigenvalue weighted by atomic mass is 9.96. The molecule has 0 atom stereocenters. The van der Waals surface area contributed by atoms with Crippen molar-refractivity contribution in [3.63, 3.8) is 0 Å². The van der Waals surface area contributed by atoms with Crippen LogP contribution in [0.3, 0.4) is 0 Å². The fraction of sp³-hybridized carbons (Fsp3) is 0.476. The number of likely N-dealkylation sites (tertiary alicyclic amines) is 1. The summed E-state index contributed by atoms with van der Waals surface area (Å²) in [4.78, 5) is 6.80. The van der Waals surface area contributed by atoms with Crippen molar-refractivity contribution in [2.24, 2.45) is 10.9 Å². The van der Waals surface area contributed by atoms with Gasteiger partial charge in [0, 0.05) is 38.1 Å². The molecule has 0 unspecified atom stereocenters. The zero-order valence-corrected chi connectivity index (χ0v) is 16.7. The van der Waals surface area contributed by atoms with Crippen LogP contribution in [-0.4, -0.2) is 44.1 Å². The summed E-state index contributed by atoms with van der Waals surface area (Å²) in [6.45, 7) is 4.93. The number of benzene rings is 1. The van der Waals surface area contributed by atoms with Crippen LogP contribution in [0.1, 0.15) is 24.2 Å². The van der Waals surface area contributed by atoms with Crippen molar-refractivity contribution in [1.29, 1.82) is 0 Å². The smallest absolute Gasteiger partial charge is 0.190 e. The van der Waals surface area contributed by atoms with Crippen LogP contribution in [0.5, 0.6) is 0 Å². The van der Waals surface area contributed by atoms with Gasteiger partial charge in [0.1, 0.15) is 5.76 Å². The minimum atomic E-state index is 0.677. The molecule has 0 radical (unpaired) electrons. The van der Waals surface area contributed by atoms with Crippen molar-refractivity contribution in [3.8, 4) is 0 Å². The average Bonchev–Trinajstić information content (AvgIpc) is 3.21. The Labute approximate surface area is 166 Å². The number of rotatable bonds is 7. The molecule has 5 nitrogen and oxygen atoms in total. The first kappa shape index (κ1) is 19.8. The molecule has 1 aliphatic rings. The molecule has 1 fully saturated rings. The number of hydrogen-bond acceptors (Lipinski definition) is 3. The zero-order valence-electron chi connectivity index (χ0n) is 16.0. The number of guanidine groups is 1. The summed E-state index contributed by atoms with van der Waals surface area (Å²) < 4.78 is 5.35. The van der Waals surface area contributed by atoms with E-state index in [-0.39, 0.29) is 0 Å². The predicted octanol–water partition coefficient (Wildman–Crippen LogP) is 3.55. The van der Waals surface area contributed by atoms with Crippen molar-refractivity contribution in [2.45, 2.75) is 25.8 Å². The van der Waals surface area contributed by atoms with E-state index in [0.717, 1.165) is 55.9 Å². The van der Waals surface area contributed by atoms with Gasteiger partial charge in [-0.2, -0.15) is 0 Å². The van der Waals surface area contributed by atoms with Gasteiger partial charge in [0.25, 0.3) is 0 Å². The largest absolute Gasteiger partial charge is 0.469 e. The highest BCUT2D eigenvalue weighted by atomic mass is 35.5. The van der Waals surface area contributed by atoms with Crippen LogP contribution in [0, 0.1) is 5.92 Å². The minimum Gasteiger partial charge on any atom is -0.469 e. The van der Waals surface area contributed by atoms with Gasteiger partial charge in [-0.1, -0.05) is 29.8 Å². The molecule has 0 spiro atoms. The molecule has 6 heteroatoms. The summed E-state index contributed by atoms with van der Waals surface area (Å²) in [6, 6.07) is 12.0. The lowest BCUT2D eigenvalue weighted by Crippen LogP contribution is -2.43. The van der Waals surface area contributed by atoms with E-state index in [2.05, 4.69) is 32.7 Å². The quantitative estimate of drug-likeness (QED) is 0.562. The Morgan fingerprint density at radius 2 is 2.00 bits per heavy atom. The van der Waals surface area contributed by atoms with Gasteiger partial charge < -0.3 is 15.1 Å². The van der Waals surface area contributed by atoms with E-state index in [4.69, 9.17) is 16.0 Å². The molecule has 1 aromatic heterocycles. The molecule has 3 rings (SSSR count). The third-order valence-corrected chi connectivity index (χ3v) is 5.45. The van der Waals surface area contributed by atoms with Gasteiger partial charge in [-0.3, -0.25) is 9.89 Å². The van der Waals surface area contributed by atoms with Gasteiger partial charge in [-0.25, -0.2) is 0 Å². The lowest BCUT2D eigenvalue weighted by Gasteiger charge is -2.32. The van der Waals surface area contributed by atoms with Gasteiger partial charge in [-0.05, 0) is 55.6 Å². The molecule has 0 aliphatic carbocycles. The molecule has 1 aromatic carbocycles. The number of furan rings is 1. The van der Waals surface area contributed by atoms with Gasteiger partial charge in [-0.15, -0.1) is 0 Å². The molecular formula is C21H29ClN4O. The highest BCUT2D eigenvalue weighted by Crippen LogP contribution is 2.21. The Kier molecular flexibility index (Phi) is 7.60. The number of aliphatic imine (C=N–C) groups is 1. The average molecular weight is 389 g/mol. The molecule has 2 aromatic rings. The number of nitrogens with one attached hydrogen (secondary N) is 2. The summed E-state index contributed by atoms with van der Waals surface area (Å²) >= 11 is 6.28. The minimum absolute atomic E-state index is 0.677. The third kappa shape index (κ3) is 6.29. The standard InChI is InChI=1S/C21H29ClN4O/c1-23-21(24-11-8-19-6-4-14-27-19)25-15-17-9-12-26(13-10-17)16-18-5-2-3-7-20(18)22/h2-7,14,17H,8-13,15-16H2,1H3,(H2,23,24,25). The summed E-state index contributed by atoms with van der Waals surface area (Å²) in [5.74, 6) is 2.53. The van der Waals surface area contributed by atoms with Crippen LogP contribution in [0.15, 0.2) is 52.1 Å². The summed E-state index contributed by atoms with van der Waals surface area (Å²) in [5, 5.41) is 7.68.